The van der Waals surface area contributed by atoms with Gasteiger partial charge in [0.1, 0.15) is 11.6 Å². The third kappa shape index (κ3) is 3.13. The van der Waals surface area contributed by atoms with E-state index in [9.17, 15) is 9.18 Å². The van der Waals surface area contributed by atoms with Crippen LogP contribution in [0.1, 0.15) is 47.8 Å². The normalized spacial score (nSPS) is 14.1. The van der Waals surface area contributed by atoms with Gasteiger partial charge in [-0.1, -0.05) is 18.2 Å². The summed E-state index contributed by atoms with van der Waals surface area (Å²) in [5.74, 6) is -0.908. The molecule has 21 heavy (non-hydrogen) atoms. The summed E-state index contributed by atoms with van der Waals surface area (Å²) >= 11 is 0. The first kappa shape index (κ1) is 15.3. The number of hydrogen-bond acceptors (Lipinski definition) is 3. The molecule has 0 radical (unpaired) electrons. The Bertz CT molecular complexity index is 638. The van der Waals surface area contributed by atoms with Crippen LogP contribution in [-0.4, -0.2) is 23.0 Å². The summed E-state index contributed by atoms with van der Waals surface area (Å²) in [5, 5.41) is 8.89. The Labute approximate surface area is 122 Å². The molecule has 0 aliphatic carbocycles. The third-order valence-corrected chi connectivity index (χ3v) is 3.83. The maximum atomic E-state index is 13.8. The lowest BCUT2D eigenvalue weighted by Crippen LogP contribution is -2.26. The summed E-state index contributed by atoms with van der Waals surface area (Å²) in [5.41, 5.74) is 0.594. The summed E-state index contributed by atoms with van der Waals surface area (Å²) in [4.78, 5) is 12.8. The highest BCUT2D eigenvalue weighted by Gasteiger charge is 2.23. The minimum absolute atomic E-state index is 0.0937. The van der Waals surface area contributed by atoms with Crippen LogP contribution in [0, 0.1) is 5.82 Å². The minimum Gasteiger partial charge on any atom is -0.475 e. The molecule has 2 unspecified atom stereocenters. The molecule has 1 aromatic heterocycles. The van der Waals surface area contributed by atoms with Crippen molar-refractivity contribution in [3.05, 3.63) is 59.3 Å². The van der Waals surface area contributed by atoms with Crippen LogP contribution in [-0.2, 0) is 0 Å². The molecule has 0 saturated carbocycles. The lowest BCUT2D eigenvalue weighted by molar-refractivity contribution is 0.0655. The highest BCUT2D eigenvalue weighted by molar-refractivity contribution is 5.84. The van der Waals surface area contributed by atoms with E-state index < -0.39 is 5.97 Å². The quantitative estimate of drug-likeness (QED) is 0.908. The number of hydrogen-bond donors (Lipinski definition) is 1. The molecule has 1 N–H and O–H groups in total. The maximum Gasteiger partial charge on any atom is 0.371 e. The van der Waals surface area contributed by atoms with Crippen molar-refractivity contribution in [1.82, 2.24) is 4.90 Å². The smallest absolute Gasteiger partial charge is 0.371 e. The molecule has 0 aliphatic rings. The van der Waals surface area contributed by atoms with Gasteiger partial charge in [-0.05, 0) is 39.1 Å². The Morgan fingerprint density at radius 3 is 2.43 bits per heavy atom. The fourth-order valence-electron chi connectivity index (χ4n) is 2.26. The van der Waals surface area contributed by atoms with E-state index in [1.165, 1.54) is 12.1 Å². The molecule has 0 saturated heterocycles. The van der Waals surface area contributed by atoms with E-state index in [0.717, 1.165) is 0 Å². The van der Waals surface area contributed by atoms with Gasteiger partial charge in [0, 0.05) is 11.6 Å². The topological polar surface area (TPSA) is 53.7 Å². The van der Waals surface area contributed by atoms with Crippen molar-refractivity contribution in [3.63, 3.8) is 0 Å². The highest BCUT2D eigenvalue weighted by atomic mass is 19.1. The van der Waals surface area contributed by atoms with Crippen LogP contribution in [0.15, 0.2) is 40.8 Å². The monoisotopic (exact) mass is 291 g/mol. The van der Waals surface area contributed by atoms with Gasteiger partial charge in [0.15, 0.2) is 0 Å². The molecule has 2 aromatic rings. The number of carboxylic acid groups (broad SMARTS) is 1. The number of rotatable bonds is 5. The second kappa shape index (κ2) is 6.10. The summed E-state index contributed by atoms with van der Waals surface area (Å²) in [6.07, 6.45) is 0. The SMILES string of the molecule is CC(c1ccc(C(=O)O)o1)N(C)C(C)c1ccccc1F. The second-order valence-corrected chi connectivity index (χ2v) is 5.05. The molecule has 2 atom stereocenters. The molecule has 1 heterocycles. The van der Waals surface area contributed by atoms with Gasteiger partial charge in [-0.15, -0.1) is 0 Å². The first-order chi connectivity index (χ1) is 9.91. The summed E-state index contributed by atoms with van der Waals surface area (Å²) in [6.45, 7) is 3.79. The summed E-state index contributed by atoms with van der Waals surface area (Å²) in [6, 6.07) is 9.35. The van der Waals surface area contributed by atoms with Gasteiger partial charge in [0.25, 0.3) is 0 Å². The number of nitrogens with zero attached hydrogens (tertiary/aromatic N) is 1. The Morgan fingerprint density at radius 2 is 1.86 bits per heavy atom. The lowest BCUT2D eigenvalue weighted by atomic mass is 10.0. The van der Waals surface area contributed by atoms with E-state index in [-0.39, 0.29) is 23.7 Å². The second-order valence-electron chi connectivity index (χ2n) is 5.05. The van der Waals surface area contributed by atoms with Crippen molar-refractivity contribution < 1.29 is 18.7 Å². The van der Waals surface area contributed by atoms with E-state index in [1.807, 2.05) is 25.8 Å². The molecule has 5 heteroatoms. The molecule has 0 spiro atoms. The van der Waals surface area contributed by atoms with Gasteiger partial charge in [0.05, 0.1) is 6.04 Å². The lowest BCUT2D eigenvalue weighted by Gasteiger charge is -2.30. The summed E-state index contributed by atoms with van der Waals surface area (Å²) in [7, 11) is 1.85. The molecule has 1 aromatic carbocycles. The number of carboxylic acids is 1. The fourth-order valence-corrected chi connectivity index (χ4v) is 2.26. The Kier molecular flexibility index (Phi) is 4.43. The zero-order chi connectivity index (χ0) is 15.6. The van der Waals surface area contributed by atoms with Crippen molar-refractivity contribution in [2.75, 3.05) is 7.05 Å². The molecular weight excluding hydrogens is 273 g/mol. The zero-order valence-corrected chi connectivity index (χ0v) is 12.2. The van der Waals surface area contributed by atoms with Crippen molar-refractivity contribution in [3.8, 4) is 0 Å². The molecule has 0 bridgehead atoms. The Hall–Kier alpha value is -2.14. The predicted octanol–water partition coefficient (Wildman–Crippen LogP) is 3.87. The van der Waals surface area contributed by atoms with Gasteiger partial charge in [-0.2, -0.15) is 0 Å². The van der Waals surface area contributed by atoms with Gasteiger partial charge >= 0.3 is 5.97 Å². The van der Waals surface area contributed by atoms with E-state index in [4.69, 9.17) is 9.52 Å². The van der Waals surface area contributed by atoms with Crippen LogP contribution in [0.5, 0.6) is 0 Å². The summed E-state index contributed by atoms with van der Waals surface area (Å²) < 4.78 is 19.2. The zero-order valence-electron chi connectivity index (χ0n) is 12.2. The van der Waals surface area contributed by atoms with Crippen LogP contribution in [0.2, 0.25) is 0 Å². The van der Waals surface area contributed by atoms with E-state index in [1.54, 1.807) is 24.3 Å². The van der Waals surface area contributed by atoms with Gasteiger partial charge in [0.2, 0.25) is 5.76 Å². The molecule has 0 amide bonds. The number of carbonyl (C=O) groups is 1. The fraction of sp³-hybridized carbons (Fsp3) is 0.312. The number of benzene rings is 1. The van der Waals surface area contributed by atoms with Gasteiger partial charge in [-0.25, -0.2) is 9.18 Å². The molecular formula is C16H18FNO3. The van der Waals surface area contributed by atoms with E-state index >= 15 is 0 Å². The third-order valence-electron chi connectivity index (χ3n) is 3.83. The first-order valence-corrected chi connectivity index (χ1v) is 6.71. The first-order valence-electron chi connectivity index (χ1n) is 6.71. The van der Waals surface area contributed by atoms with Crippen LogP contribution in [0.3, 0.4) is 0 Å². The minimum atomic E-state index is -1.10. The van der Waals surface area contributed by atoms with E-state index in [0.29, 0.717) is 11.3 Å². The van der Waals surface area contributed by atoms with Crippen LogP contribution < -0.4 is 0 Å². The number of furan rings is 1. The van der Waals surface area contributed by atoms with Crippen LogP contribution in [0.25, 0.3) is 0 Å². The standard InChI is InChI=1S/C16H18FNO3/c1-10(12-6-4-5-7-13(12)17)18(3)11(2)14-8-9-15(21-14)16(19)20/h4-11H,1-3H3,(H,19,20). The van der Waals surface area contributed by atoms with Gasteiger partial charge < -0.3 is 9.52 Å². The van der Waals surface area contributed by atoms with Crippen molar-refractivity contribution >= 4 is 5.97 Å². The Morgan fingerprint density at radius 1 is 1.19 bits per heavy atom. The van der Waals surface area contributed by atoms with E-state index in [2.05, 4.69) is 0 Å². The number of halogens is 1. The Balaban J connectivity index is 2.20. The van der Waals surface area contributed by atoms with Crippen molar-refractivity contribution in [2.45, 2.75) is 25.9 Å². The average molecular weight is 291 g/mol. The number of aromatic carboxylic acids is 1. The average Bonchev–Trinajstić information content (AvgIpc) is 2.95. The molecule has 0 fully saturated rings. The van der Waals surface area contributed by atoms with Crippen molar-refractivity contribution in [1.29, 1.82) is 0 Å². The molecule has 4 nitrogen and oxygen atoms in total. The molecule has 0 aliphatic heterocycles. The van der Waals surface area contributed by atoms with Gasteiger partial charge in [-0.3, -0.25) is 4.90 Å². The van der Waals surface area contributed by atoms with Crippen LogP contribution in [0.4, 0.5) is 4.39 Å². The van der Waals surface area contributed by atoms with Crippen molar-refractivity contribution in [2.24, 2.45) is 0 Å². The maximum absolute atomic E-state index is 13.8. The largest absolute Gasteiger partial charge is 0.475 e. The van der Waals surface area contributed by atoms with Crippen LogP contribution >= 0.6 is 0 Å². The molecule has 2 rings (SSSR count). The molecule has 112 valence electrons. The highest BCUT2D eigenvalue weighted by Crippen LogP contribution is 2.30. The predicted molar refractivity (Wildman–Crippen MR) is 76.7 cm³/mol.